The van der Waals surface area contributed by atoms with Crippen molar-refractivity contribution >= 4 is 11.3 Å². The van der Waals surface area contributed by atoms with Crippen molar-refractivity contribution in [2.45, 2.75) is 39.2 Å². The van der Waals surface area contributed by atoms with E-state index >= 15 is 0 Å². The predicted octanol–water partition coefficient (Wildman–Crippen LogP) is 3.30. The summed E-state index contributed by atoms with van der Waals surface area (Å²) in [5.74, 6) is 1.18. The van der Waals surface area contributed by atoms with Crippen molar-refractivity contribution in [3.05, 3.63) is 22.2 Å². The monoisotopic (exact) mass is 251 g/mol. The van der Waals surface area contributed by atoms with E-state index in [1.54, 1.807) is 11.3 Å². The second-order valence-corrected chi connectivity index (χ2v) is 4.92. The first-order valence-electron chi connectivity index (χ1n) is 5.84. The van der Waals surface area contributed by atoms with Crippen molar-refractivity contribution < 1.29 is 4.52 Å². The molecule has 2 heterocycles. The van der Waals surface area contributed by atoms with Crippen LogP contribution in [0.3, 0.4) is 0 Å². The summed E-state index contributed by atoms with van der Waals surface area (Å²) < 4.78 is 5.22. The number of rotatable bonds is 5. The summed E-state index contributed by atoms with van der Waals surface area (Å²) in [4.78, 5) is 4.37. The number of aromatic nitrogens is 2. The molecule has 92 valence electrons. The van der Waals surface area contributed by atoms with Crippen LogP contribution in [0, 0.1) is 6.92 Å². The Kier molecular flexibility index (Phi) is 3.91. The molecule has 0 aromatic carbocycles. The molecular formula is C12H17N3OS. The van der Waals surface area contributed by atoms with Gasteiger partial charge in [0.2, 0.25) is 11.7 Å². The average Bonchev–Trinajstić information content (AvgIpc) is 2.93. The fourth-order valence-electron chi connectivity index (χ4n) is 1.63. The standard InChI is InChI=1S/C12H17N3OS/c1-3-4-5-10(13)12-14-11(15-16-12)9-7-17-6-8(9)2/h6-7,10H,3-5,13H2,1-2H3. The highest BCUT2D eigenvalue weighted by Gasteiger charge is 2.16. The van der Waals surface area contributed by atoms with Crippen LogP contribution in [0.4, 0.5) is 0 Å². The van der Waals surface area contributed by atoms with Crippen LogP contribution in [0.5, 0.6) is 0 Å². The third-order valence-corrected chi connectivity index (χ3v) is 3.59. The van der Waals surface area contributed by atoms with E-state index in [0.717, 1.165) is 24.8 Å². The lowest BCUT2D eigenvalue weighted by Gasteiger charge is -2.03. The molecule has 1 unspecified atom stereocenters. The first-order chi connectivity index (χ1) is 8.22. The first-order valence-corrected chi connectivity index (χ1v) is 6.79. The third-order valence-electron chi connectivity index (χ3n) is 2.72. The Morgan fingerprint density at radius 1 is 1.47 bits per heavy atom. The molecule has 2 rings (SSSR count). The van der Waals surface area contributed by atoms with Gasteiger partial charge in [-0.2, -0.15) is 16.3 Å². The van der Waals surface area contributed by atoms with Crippen LogP contribution in [0.2, 0.25) is 0 Å². The molecule has 0 saturated carbocycles. The lowest BCUT2D eigenvalue weighted by Crippen LogP contribution is -2.10. The summed E-state index contributed by atoms with van der Waals surface area (Å²) in [6.45, 7) is 4.18. The van der Waals surface area contributed by atoms with E-state index in [0.29, 0.717) is 11.7 Å². The molecule has 2 aromatic heterocycles. The van der Waals surface area contributed by atoms with Gasteiger partial charge in [0.05, 0.1) is 6.04 Å². The van der Waals surface area contributed by atoms with E-state index in [2.05, 4.69) is 22.4 Å². The van der Waals surface area contributed by atoms with E-state index in [1.165, 1.54) is 5.56 Å². The summed E-state index contributed by atoms with van der Waals surface area (Å²) in [7, 11) is 0. The van der Waals surface area contributed by atoms with E-state index in [9.17, 15) is 0 Å². The van der Waals surface area contributed by atoms with Crippen molar-refractivity contribution in [2.24, 2.45) is 5.73 Å². The van der Waals surface area contributed by atoms with Crippen LogP contribution < -0.4 is 5.73 Å². The van der Waals surface area contributed by atoms with Crippen molar-refractivity contribution in [1.29, 1.82) is 0 Å². The summed E-state index contributed by atoms with van der Waals surface area (Å²) in [5, 5.41) is 8.09. The summed E-state index contributed by atoms with van der Waals surface area (Å²) in [6.07, 6.45) is 3.09. The van der Waals surface area contributed by atoms with Gasteiger partial charge in [-0.1, -0.05) is 24.9 Å². The maximum absolute atomic E-state index is 5.99. The normalized spacial score (nSPS) is 12.9. The van der Waals surface area contributed by atoms with Gasteiger partial charge in [-0.3, -0.25) is 0 Å². The van der Waals surface area contributed by atoms with E-state index in [4.69, 9.17) is 10.3 Å². The molecule has 2 aromatic rings. The minimum absolute atomic E-state index is 0.143. The second-order valence-electron chi connectivity index (χ2n) is 4.17. The molecule has 2 N–H and O–H groups in total. The van der Waals surface area contributed by atoms with E-state index in [-0.39, 0.29) is 6.04 Å². The van der Waals surface area contributed by atoms with Crippen LogP contribution in [-0.2, 0) is 0 Å². The van der Waals surface area contributed by atoms with Crippen molar-refractivity contribution in [2.75, 3.05) is 0 Å². The van der Waals surface area contributed by atoms with Crippen LogP contribution in [0.25, 0.3) is 11.4 Å². The van der Waals surface area contributed by atoms with Gasteiger partial charge in [-0.05, 0) is 24.3 Å². The van der Waals surface area contributed by atoms with Crippen LogP contribution >= 0.6 is 11.3 Å². The molecule has 1 atom stereocenters. The zero-order chi connectivity index (χ0) is 12.3. The van der Waals surface area contributed by atoms with Gasteiger partial charge >= 0.3 is 0 Å². The molecule has 0 aliphatic carbocycles. The number of unbranched alkanes of at least 4 members (excludes halogenated alkanes) is 1. The molecule has 0 amide bonds. The van der Waals surface area contributed by atoms with E-state index < -0.39 is 0 Å². The quantitative estimate of drug-likeness (QED) is 0.885. The third kappa shape index (κ3) is 2.73. The lowest BCUT2D eigenvalue weighted by atomic mass is 10.1. The summed E-state index contributed by atoms with van der Waals surface area (Å²) in [6, 6.07) is -0.143. The van der Waals surface area contributed by atoms with Gasteiger partial charge in [-0.15, -0.1) is 0 Å². The van der Waals surface area contributed by atoms with Gasteiger partial charge in [0.25, 0.3) is 0 Å². The predicted molar refractivity (Wildman–Crippen MR) is 68.8 cm³/mol. The highest BCUT2D eigenvalue weighted by molar-refractivity contribution is 7.08. The molecule has 0 bridgehead atoms. The van der Waals surface area contributed by atoms with Crippen molar-refractivity contribution in [1.82, 2.24) is 10.1 Å². The molecule has 5 heteroatoms. The SMILES string of the molecule is CCCCC(N)c1nc(-c2cscc2C)no1. The number of nitrogens with two attached hydrogens (primary N) is 1. The van der Waals surface area contributed by atoms with E-state index in [1.807, 2.05) is 12.3 Å². The number of hydrogen-bond acceptors (Lipinski definition) is 5. The highest BCUT2D eigenvalue weighted by atomic mass is 32.1. The number of aryl methyl sites for hydroxylation is 1. The minimum atomic E-state index is -0.143. The molecule has 0 aliphatic heterocycles. The smallest absolute Gasteiger partial charge is 0.243 e. The maximum atomic E-state index is 5.99. The first kappa shape index (κ1) is 12.3. The summed E-state index contributed by atoms with van der Waals surface area (Å²) >= 11 is 1.64. The number of hydrogen-bond donors (Lipinski definition) is 1. The molecule has 0 aliphatic rings. The Labute approximate surface area is 105 Å². The number of thiophene rings is 1. The Morgan fingerprint density at radius 3 is 2.94 bits per heavy atom. The molecule has 17 heavy (non-hydrogen) atoms. The molecule has 0 saturated heterocycles. The van der Waals surface area contributed by atoms with Gasteiger partial charge in [0.1, 0.15) is 0 Å². The highest BCUT2D eigenvalue weighted by Crippen LogP contribution is 2.25. The molecule has 4 nitrogen and oxygen atoms in total. The average molecular weight is 251 g/mol. The van der Waals surface area contributed by atoms with Gasteiger partial charge < -0.3 is 10.3 Å². The molecule has 0 fully saturated rings. The van der Waals surface area contributed by atoms with Gasteiger partial charge in [0.15, 0.2) is 0 Å². The Balaban J connectivity index is 2.13. The van der Waals surface area contributed by atoms with Crippen molar-refractivity contribution in [3.63, 3.8) is 0 Å². The zero-order valence-corrected chi connectivity index (χ0v) is 11.0. The van der Waals surface area contributed by atoms with Gasteiger partial charge in [-0.25, -0.2) is 0 Å². The molecular weight excluding hydrogens is 234 g/mol. The second kappa shape index (κ2) is 5.42. The Bertz CT molecular complexity index is 478. The zero-order valence-electron chi connectivity index (χ0n) is 10.1. The molecule has 0 spiro atoms. The lowest BCUT2D eigenvalue weighted by molar-refractivity contribution is 0.346. The van der Waals surface area contributed by atoms with Crippen LogP contribution in [0.1, 0.15) is 43.7 Å². The minimum Gasteiger partial charge on any atom is -0.337 e. The maximum Gasteiger partial charge on any atom is 0.243 e. The van der Waals surface area contributed by atoms with Crippen LogP contribution in [-0.4, -0.2) is 10.1 Å². The Hall–Kier alpha value is -1.20. The van der Waals surface area contributed by atoms with Crippen LogP contribution in [0.15, 0.2) is 15.3 Å². The summed E-state index contributed by atoms with van der Waals surface area (Å²) in [5.41, 5.74) is 8.20. The largest absolute Gasteiger partial charge is 0.337 e. The molecule has 0 radical (unpaired) electrons. The fraction of sp³-hybridized carbons (Fsp3) is 0.500. The Morgan fingerprint density at radius 2 is 2.29 bits per heavy atom. The topological polar surface area (TPSA) is 64.9 Å². The van der Waals surface area contributed by atoms with Gasteiger partial charge in [0, 0.05) is 10.9 Å². The van der Waals surface area contributed by atoms with Crippen molar-refractivity contribution in [3.8, 4) is 11.4 Å². The fourth-order valence-corrected chi connectivity index (χ4v) is 2.46. The number of nitrogens with zero attached hydrogens (tertiary/aromatic N) is 2.